The summed E-state index contributed by atoms with van der Waals surface area (Å²) in [7, 11) is 6.44. The van der Waals surface area contributed by atoms with Crippen LogP contribution < -0.4 is 24.0 Å². The Morgan fingerprint density at radius 2 is 1.78 bits per heavy atom. The fourth-order valence-electron chi connectivity index (χ4n) is 1.40. The minimum absolute atomic E-state index is 0. The molecule has 0 aromatic heterocycles. The molecule has 2 nitrogen and oxygen atoms in total. The van der Waals surface area contributed by atoms with E-state index in [1.807, 2.05) is 18.2 Å². The van der Waals surface area contributed by atoms with Gasteiger partial charge in [0.05, 0.1) is 33.4 Å². The number of carbonyl (C=O) groups excluding carboxylic acids is 1. The molecule has 0 amide bonds. The molecule has 1 rings (SSSR count). The van der Waals surface area contributed by atoms with Gasteiger partial charge in [0.25, 0.3) is 0 Å². The molecule has 0 saturated heterocycles. The highest BCUT2D eigenvalue weighted by molar-refractivity contribution is 8.13. The Morgan fingerprint density at radius 1 is 1.17 bits per heavy atom. The fourth-order valence-corrected chi connectivity index (χ4v) is 2.51. The molecule has 0 spiro atoms. The van der Waals surface area contributed by atoms with Crippen molar-refractivity contribution < 1.29 is 33.3 Å². The van der Waals surface area contributed by atoms with Crippen LogP contribution in [0.5, 0.6) is 0 Å². The van der Waals surface area contributed by atoms with Crippen LogP contribution in [0.15, 0.2) is 30.3 Å². The maximum Gasteiger partial charge on any atom is 0.189 e. The molecule has 0 aliphatic rings. The number of carbonyl (C=O) groups is 1. The average molecular weight is 379 g/mol. The number of halogens is 1. The molecule has 0 bridgehead atoms. The monoisotopic (exact) mass is 379 g/mol. The first-order chi connectivity index (χ1) is 7.97. The van der Waals surface area contributed by atoms with Crippen LogP contribution >= 0.6 is 11.8 Å². The average Bonchev–Trinajstić information content (AvgIpc) is 2.26. The summed E-state index contributed by atoms with van der Waals surface area (Å²) in [6, 6.07) is 10.2. The smallest absolute Gasteiger partial charge is 0.189 e. The summed E-state index contributed by atoms with van der Waals surface area (Å²) in [5, 5.41) is 0.308. The van der Waals surface area contributed by atoms with Crippen molar-refractivity contribution in [2.75, 3.05) is 33.4 Å². The van der Waals surface area contributed by atoms with E-state index >= 15 is 0 Å². The summed E-state index contributed by atoms with van der Waals surface area (Å²) in [5.74, 6) is 0.914. The predicted octanol–water partition coefficient (Wildman–Crippen LogP) is -0.411. The van der Waals surface area contributed by atoms with Crippen molar-refractivity contribution in [2.45, 2.75) is 12.8 Å². The van der Waals surface area contributed by atoms with Gasteiger partial charge in [-0.25, -0.2) is 0 Å². The summed E-state index contributed by atoms with van der Waals surface area (Å²) >= 11 is 1.47. The Hall–Kier alpha value is -0.0700. The molecule has 0 aliphatic heterocycles. The van der Waals surface area contributed by atoms with E-state index in [-0.39, 0.29) is 24.0 Å². The van der Waals surface area contributed by atoms with Crippen molar-refractivity contribution in [1.82, 2.24) is 0 Å². The van der Waals surface area contributed by atoms with Crippen LogP contribution in [0.1, 0.15) is 12.0 Å². The van der Waals surface area contributed by atoms with Crippen molar-refractivity contribution >= 4 is 16.9 Å². The van der Waals surface area contributed by atoms with Gasteiger partial charge in [-0.3, -0.25) is 4.79 Å². The van der Waals surface area contributed by atoms with Gasteiger partial charge in [0.2, 0.25) is 0 Å². The molecule has 0 atom stereocenters. The molecule has 0 saturated carbocycles. The van der Waals surface area contributed by atoms with Gasteiger partial charge in [-0.15, -0.1) is 0 Å². The van der Waals surface area contributed by atoms with E-state index in [9.17, 15) is 4.79 Å². The van der Waals surface area contributed by atoms with Crippen molar-refractivity contribution in [2.24, 2.45) is 0 Å². The first-order valence-corrected chi connectivity index (χ1v) is 6.96. The molecule has 0 N–H and O–H groups in total. The third-order valence-electron chi connectivity index (χ3n) is 2.49. The normalized spacial score (nSPS) is 10.8. The van der Waals surface area contributed by atoms with Crippen LogP contribution in [0, 0.1) is 0 Å². The zero-order valence-corrected chi connectivity index (χ0v) is 14.3. The minimum Gasteiger partial charge on any atom is -1.00 e. The van der Waals surface area contributed by atoms with Gasteiger partial charge in [0, 0.05) is 6.42 Å². The third-order valence-corrected chi connectivity index (χ3v) is 3.40. The Bertz CT molecular complexity index is 349. The number of aryl methyl sites for hydroxylation is 1. The van der Waals surface area contributed by atoms with Gasteiger partial charge in [-0.2, -0.15) is 0 Å². The van der Waals surface area contributed by atoms with E-state index in [4.69, 9.17) is 0 Å². The molecule has 1 aromatic rings. The summed E-state index contributed by atoms with van der Waals surface area (Å²) in [5.41, 5.74) is 1.24. The highest BCUT2D eigenvalue weighted by Crippen LogP contribution is 2.10. The lowest BCUT2D eigenvalue weighted by Gasteiger charge is -2.23. The van der Waals surface area contributed by atoms with Crippen molar-refractivity contribution in [3.8, 4) is 0 Å². The van der Waals surface area contributed by atoms with Crippen LogP contribution in [0.25, 0.3) is 0 Å². The fraction of sp³-hybridized carbons (Fsp3) is 0.500. The number of hydrogen-bond acceptors (Lipinski definition) is 2. The van der Waals surface area contributed by atoms with E-state index in [0.717, 1.165) is 23.2 Å². The van der Waals surface area contributed by atoms with Crippen molar-refractivity contribution in [3.05, 3.63) is 35.9 Å². The number of quaternary nitrogens is 1. The molecular formula is C14H22INOS. The van der Waals surface area contributed by atoms with E-state index in [1.165, 1.54) is 17.3 Å². The lowest BCUT2D eigenvalue weighted by atomic mass is 10.1. The molecule has 0 radical (unpaired) electrons. The van der Waals surface area contributed by atoms with Crippen LogP contribution in [-0.2, 0) is 11.2 Å². The minimum atomic E-state index is 0. The molecule has 0 aliphatic carbocycles. The van der Waals surface area contributed by atoms with Crippen LogP contribution in [0.2, 0.25) is 0 Å². The molecule has 0 unspecified atom stereocenters. The molecule has 18 heavy (non-hydrogen) atoms. The highest BCUT2D eigenvalue weighted by Gasteiger charge is 2.09. The van der Waals surface area contributed by atoms with E-state index < -0.39 is 0 Å². The van der Waals surface area contributed by atoms with Gasteiger partial charge in [0.15, 0.2) is 5.12 Å². The Kier molecular flexibility index (Phi) is 8.90. The van der Waals surface area contributed by atoms with Gasteiger partial charge >= 0.3 is 0 Å². The van der Waals surface area contributed by atoms with Crippen molar-refractivity contribution in [3.63, 3.8) is 0 Å². The second-order valence-electron chi connectivity index (χ2n) is 5.22. The first-order valence-electron chi connectivity index (χ1n) is 5.97. The molecular weight excluding hydrogens is 357 g/mol. The number of nitrogens with zero attached hydrogens (tertiary/aromatic N) is 1. The maximum absolute atomic E-state index is 11.7. The van der Waals surface area contributed by atoms with E-state index in [1.54, 1.807) is 0 Å². The topological polar surface area (TPSA) is 17.1 Å². The number of rotatable bonds is 6. The molecule has 1 aromatic carbocycles. The standard InChI is InChI=1S/C14H22NOS.HI/c1-15(2,3)11-12-17-14(16)10-9-13-7-5-4-6-8-13;/h4-8H,9-12H2,1-3H3;1H/q+1;/p-1. The van der Waals surface area contributed by atoms with Gasteiger partial charge in [0.1, 0.15) is 0 Å². The third kappa shape index (κ3) is 8.94. The number of thioether (sulfide) groups is 1. The zero-order chi connectivity index (χ0) is 12.7. The predicted molar refractivity (Wildman–Crippen MR) is 75.1 cm³/mol. The van der Waals surface area contributed by atoms with Gasteiger partial charge in [-0.05, 0) is 12.0 Å². The van der Waals surface area contributed by atoms with Gasteiger partial charge < -0.3 is 28.5 Å². The lowest BCUT2D eigenvalue weighted by molar-refractivity contribution is -0.867. The summed E-state index contributed by atoms with van der Waals surface area (Å²) in [4.78, 5) is 11.7. The van der Waals surface area contributed by atoms with Gasteiger partial charge in [-0.1, -0.05) is 42.1 Å². The molecule has 102 valence electrons. The number of hydrogen-bond donors (Lipinski definition) is 0. The molecule has 4 heteroatoms. The molecule has 0 heterocycles. The Morgan fingerprint density at radius 3 is 2.33 bits per heavy atom. The summed E-state index contributed by atoms with van der Waals surface area (Å²) < 4.78 is 0.916. The second kappa shape index (κ2) is 8.93. The maximum atomic E-state index is 11.7. The quantitative estimate of drug-likeness (QED) is 0.494. The Labute approximate surface area is 132 Å². The van der Waals surface area contributed by atoms with Crippen molar-refractivity contribution in [1.29, 1.82) is 0 Å². The molecule has 0 fully saturated rings. The first kappa shape index (κ1) is 17.9. The summed E-state index contributed by atoms with van der Waals surface area (Å²) in [6.45, 7) is 1.03. The Balaban J connectivity index is 0.00000289. The highest BCUT2D eigenvalue weighted by atomic mass is 127. The largest absolute Gasteiger partial charge is 1.00 e. The van der Waals surface area contributed by atoms with Crippen LogP contribution in [0.3, 0.4) is 0 Å². The lowest BCUT2D eigenvalue weighted by Crippen LogP contribution is -3.00. The van der Waals surface area contributed by atoms with E-state index in [2.05, 4.69) is 33.3 Å². The zero-order valence-electron chi connectivity index (χ0n) is 11.4. The number of benzene rings is 1. The van der Waals surface area contributed by atoms with E-state index in [0.29, 0.717) is 11.5 Å². The summed E-state index contributed by atoms with van der Waals surface area (Å²) in [6.07, 6.45) is 1.50. The second-order valence-corrected chi connectivity index (χ2v) is 6.37. The van der Waals surface area contributed by atoms with Crippen LogP contribution in [0.4, 0.5) is 0 Å². The SMILES string of the molecule is C[N+](C)(C)CCSC(=O)CCc1ccccc1.[I-]. The van der Waals surface area contributed by atoms with Crippen LogP contribution in [-0.4, -0.2) is 43.0 Å².